The van der Waals surface area contributed by atoms with Crippen molar-refractivity contribution in [1.29, 1.82) is 0 Å². The maximum Gasteiger partial charge on any atom is 0.323 e. The third-order valence-corrected chi connectivity index (χ3v) is 3.84. The van der Waals surface area contributed by atoms with E-state index < -0.39 is 5.25 Å². The standard InChI is InChI=1S/C13H13NO3S/c1-9-11(5-7-17-9)18-12(13(15)16-2)10-4-3-6-14-8-10/h3-8,12H,1-2H3. The molecule has 2 aromatic heterocycles. The lowest BCUT2D eigenvalue weighted by Crippen LogP contribution is -2.11. The third-order valence-electron chi connectivity index (χ3n) is 2.46. The summed E-state index contributed by atoms with van der Waals surface area (Å²) in [7, 11) is 1.38. The summed E-state index contributed by atoms with van der Waals surface area (Å²) in [6, 6.07) is 5.50. The van der Waals surface area contributed by atoms with Crippen LogP contribution in [0.3, 0.4) is 0 Å². The van der Waals surface area contributed by atoms with Crippen LogP contribution in [0.5, 0.6) is 0 Å². The van der Waals surface area contributed by atoms with Crippen LogP contribution in [0.2, 0.25) is 0 Å². The smallest absolute Gasteiger partial charge is 0.323 e. The van der Waals surface area contributed by atoms with Gasteiger partial charge in [0.2, 0.25) is 0 Å². The van der Waals surface area contributed by atoms with Crippen LogP contribution in [0.1, 0.15) is 16.6 Å². The molecular formula is C13H13NO3S. The molecule has 0 saturated heterocycles. The van der Waals surface area contributed by atoms with E-state index in [0.29, 0.717) is 0 Å². The molecule has 0 spiro atoms. The van der Waals surface area contributed by atoms with Gasteiger partial charge in [-0.2, -0.15) is 0 Å². The Kier molecular flexibility index (Phi) is 4.04. The Hall–Kier alpha value is -1.75. The van der Waals surface area contributed by atoms with Crippen LogP contribution in [0.4, 0.5) is 0 Å². The van der Waals surface area contributed by atoms with Crippen LogP contribution >= 0.6 is 11.8 Å². The lowest BCUT2D eigenvalue weighted by molar-refractivity contribution is -0.140. The molecule has 18 heavy (non-hydrogen) atoms. The van der Waals surface area contributed by atoms with Crippen LogP contribution in [0, 0.1) is 6.92 Å². The topological polar surface area (TPSA) is 52.3 Å². The fourth-order valence-electron chi connectivity index (χ4n) is 1.51. The second kappa shape index (κ2) is 5.73. The first kappa shape index (κ1) is 12.7. The van der Waals surface area contributed by atoms with Gasteiger partial charge in [-0.25, -0.2) is 0 Å². The van der Waals surface area contributed by atoms with Crippen molar-refractivity contribution in [1.82, 2.24) is 4.98 Å². The minimum absolute atomic E-state index is 0.298. The van der Waals surface area contributed by atoms with Crippen molar-refractivity contribution in [3.63, 3.8) is 0 Å². The quantitative estimate of drug-likeness (QED) is 0.627. The van der Waals surface area contributed by atoms with E-state index in [9.17, 15) is 4.79 Å². The van der Waals surface area contributed by atoms with Crippen molar-refractivity contribution in [2.24, 2.45) is 0 Å². The number of nitrogens with zero attached hydrogens (tertiary/aromatic N) is 1. The maximum absolute atomic E-state index is 11.8. The normalized spacial score (nSPS) is 12.1. The number of hydrogen-bond acceptors (Lipinski definition) is 5. The summed E-state index contributed by atoms with van der Waals surface area (Å²) in [5.74, 6) is 0.492. The summed E-state index contributed by atoms with van der Waals surface area (Å²) in [6.45, 7) is 1.86. The molecule has 0 aliphatic heterocycles. The van der Waals surface area contributed by atoms with E-state index in [0.717, 1.165) is 16.2 Å². The Morgan fingerprint density at radius 2 is 2.33 bits per heavy atom. The summed E-state index contributed by atoms with van der Waals surface area (Å²) in [5.41, 5.74) is 0.815. The van der Waals surface area contributed by atoms with Crippen LogP contribution in [0.25, 0.3) is 0 Å². The average molecular weight is 263 g/mol. The van der Waals surface area contributed by atoms with Crippen LogP contribution in [-0.4, -0.2) is 18.1 Å². The Labute approximate surface area is 109 Å². The summed E-state index contributed by atoms with van der Waals surface area (Å²) in [6.07, 6.45) is 4.95. The number of carbonyl (C=O) groups excluding carboxylic acids is 1. The minimum Gasteiger partial charge on any atom is -0.468 e. The summed E-state index contributed by atoms with van der Waals surface area (Å²) in [5, 5.41) is -0.431. The highest BCUT2D eigenvalue weighted by Gasteiger charge is 2.24. The minimum atomic E-state index is -0.431. The summed E-state index contributed by atoms with van der Waals surface area (Å²) < 4.78 is 10.1. The third kappa shape index (κ3) is 2.73. The predicted molar refractivity (Wildman–Crippen MR) is 68.3 cm³/mol. The van der Waals surface area contributed by atoms with Gasteiger partial charge in [-0.3, -0.25) is 9.78 Å². The zero-order chi connectivity index (χ0) is 13.0. The molecule has 0 aromatic carbocycles. The molecule has 0 radical (unpaired) electrons. The van der Waals surface area contributed by atoms with Gasteiger partial charge in [-0.15, -0.1) is 11.8 Å². The predicted octanol–water partition coefficient (Wildman–Crippen LogP) is 2.99. The number of esters is 1. The van der Waals surface area contributed by atoms with Gasteiger partial charge in [0.05, 0.1) is 13.4 Å². The Morgan fingerprint density at radius 1 is 1.50 bits per heavy atom. The molecule has 94 valence electrons. The Bertz CT molecular complexity index is 524. The van der Waals surface area contributed by atoms with Gasteiger partial charge in [0.1, 0.15) is 11.0 Å². The maximum atomic E-state index is 11.8. The van der Waals surface area contributed by atoms with Gasteiger partial charge < -0.3 is 9.15 Å². The Balaban J connectivity index is 2.27. The second-order valence-electron chi connectivity index (χ2n) is 3.65. The van der Waals surface area contributed by atoms with E-state index >= 15 is 0 Å². The molecule has 0 fully saturated rings. The number of carbonyl (C=O) groups is 1. The summed E-state index contributed by atoms with van der Waals surface area (Å²) in [4.78, 5) is 16.8. The highest BCUT2D eigenvalue weighted by Crippen LogP contribution is 2.37. The summed E-state index contributed by atoms with van der Waals surface area (Å²) >= 11 is 1.40. The molecular weight excluding hydrogens is 250 g/mol. The lowest BCUT2D eigenvalue weighted by atomic mass is 10.2. The highest BCUT2D eigenvalue weighted by molar-refractivity contribution is 8.00. The average Bonchev–Trinajstić information content (AvgIpc) is 2.81. The first-order valence-corrected chi connectivity index (χ1v) is 6.29. The van der Waals surface area contributed by atoms with Gasteiger partial charge >= 0.3 is 5.97 Å². The van der Waals surface area contributed by atoms with E-state index in [2.05, 4.69) is 4.98 Å². The fraction of sp³-hybridized carbons (Fsp3) is 0.231. The number of pyridine rings is 1. The number of aromatic nitrogens is 1. The van der Waals surface area contributed by atoms with E-state index in [4.69, 9.17) is 9.15 Å². The van der Waals surface area contributed by atoms with Crippen molar-refractivity contribution >= 4 is 17.7 Å². The number of furan rings is 1. The highest BCUT2D eigenvalue weighted by atomic mass is 32.2. The zero-order valence-electron chi connectivity index (χ0n) is 10.1. The number of hydrogen-bond donors (Lipinski definition) is 0. The molecule has 2 rings (SSSR count). The van der Waals surface area contributed by atoms with Gasteiger partial charge in [-0.1, -0.05) is 6.07 Å². The van der Waals surface area contributed by atoms with Gasteiger partial charge in [0.15, 0.2) is 0 Å². The monoisotopic (exact) mass is 263 g/mol. The molecule has 1 unspecified atom stereocenters. The van der Waals surface area contributed by atoms with Gasteiger partial charge in [-0.05, 0) is 24.6 Å². The fourth-order valence-corrected chi connectivity index (χ4v) is 2.58. The zero-order valence-corrected chi connectivity index (χ0v) is 10.9. The number of methoxy groups -OCH3 is 1. The van der Waals surface area contributed by atoms with E-state index in [-0.39, 0.29) is 5.97 Å². The van der Waals surface area contributed by atoms with Gasteiger partial charge in [0, 0.05) is 17.3 Å². The van der Waals surface area contributed by atoms with E-state index in [1.807, 2.05) is 19.1 Å². The second-order valence-corrected chi connectivity index (χ2v) is 4.80. The van der Waals surface area contributed by atoms with Crippen LogP contribution < -0.4 is 0 Å². The van der Waals surface area contributed by atoms with Crippen LogP contribution in [-0.2, 0) is 9.53 Å². The molecule has 0 bridgehead atoms. The largest absolute Gasteiger partial charge is 0.468 e. The van der Waals surface area contributed by atoms with Crippen molar-refractivity contribution < 1.29 is 13.9 Å². The number of thioether (sulfide) groups is 1. The lowest BCUT2D eigenvalue weighted by Gasteiger charge is -2.13. The molecule has 2 heterocycles. The molecule has 1 atom stereocenters. The first-order valence-electron chi connectivity index (χ1n) is 5.41. The number of aryl methyl sites for hydroxylation is 1. The van der Waals surface area contributed by atoms with Crippen molar-refractivity contribution in [2.75, 3.05) is 7.11 Å². The van der Waals surface area contributed by atoms with E-state index in [1.54, 1.807) is 24.7 Å². The molecule has 0 N–H and O–H groups in total. The van der Waals surface area contributed by atoms with Crippen molar-refractivity contribution in [3.8, 4) is 0 Å². The molecule has 4 nitrogen and oxygen atoms in total. The number of ether oxygens (including phenoxy) is 1. The van der Waals surface area contributed by atoms with Crippen molar-refractivity contribution in [3.05, 3.63) is 48.2 Å². The van der Waals surface area contributed by atoms with Crippen molar-refractivity contribution in [2.45, 2.75) is 17.1 Å². The molecule has 0 aliphatic carbocycles. The van der Waals surface area contributed by atoms with E-state index in [1.165, 1.54) is 18.9 Å². The first-order chi connectivity index (χ1) is 8.72. The molecule has 5 heteroatoms. The van der Waals surface area contributed by atoms with Crippen LogP contribution in [0.15, 0.2) is 46.2 Å². The molecule has 0 amide bonds. The molecule has 2 aromatic rings. The SMILES string of the molecule is COC(=O)C(Sc1ccoc1C)c1cccnc1. The Morgan fingerprint density at radius 3 is 2.89 bits per heavy atom. The van der Waals surface area contributed by atoms with Gasteiger partial charge in [0.25, 0.3) is 0 Å². The molecule has 0 aliphatic rings. The number of rotatable bonds is 4. The molecule has 0 saturated carbocycles.